The third kappa shape index (κ3) is 5.69. The molecule has 0 saturated heterocycles. The molecule has 1 aliphatic rings. The Morgan fingerprint density at radius 2 is 1.89 bits per heavy atom. The van der Waals surface area contributed by atoms with Crippen molar-refractivity contribution < 1.29 is 19.2 Å². The monoisotopic (exact) mass is 278 g/mol. The Hall–Kier alpha value is -0.810. The van der Waals surface area contributed by atoms with E-state index >= 15 is 0 Å². The maximum atomic E-state index is 8.88. The van der Waals surface area contributed by atoms with E-state index in [4.69, 9.17) is 19.2 Å². The molecule has 1 heterocycles. The fourth-order valence-electron chi connectivity index (χ4n) is 2.00. The summed E-state index contributed by atoms with van der Waals surface area (Å²) < 4.78 is 8.88. The van der Waals surface area contributed by atoms with Gasteiger partial charge in [0.05, 0.1) is 0 Å². The predicted octanol–water partition coefficient (Wildman–Crippen LogP) is 1.83. The van der Waals surface area contributed by atoms with Gasteiger partial charge < -0.3 is 24.5 Å². The molecule has 3 N–H and O–H groups in total. The SMILES string of the molecule is C=CN1C=C(CC)N(CC)C1CC.O=P(O)(O)O. The summed E-state index contributed by atoms with van der Waals surface area (Å²) in [5.41, 5.74) is 1.43. The van der Waals surface area contributed by atoms with Gasteiger partial charge >= 0.3 is 7.82 Å². The molecular weight excluding hydrogens is 255 g/mol. The van der Waals surface area contributed by atoms with E-state index in [9.17, 15) is 0 Å². The van der Waals surface area contributed by atoms with Crippen molar-refractivity contribution in [1.29, 1.82) is 0 Å². The summed E-state index contributed by atoms with van der Waals surface area (Å²) in [5, 5.41) is 0. The zero-order valence-electron chi connectivity index (χ0n) is 11.2. The van der Waals surface area contributed by atoms with E-state index in [0.29, 0.717) is 6.17 Å². The van der Waals surface area contributed by atoms with Crippen LogP contribution in [-0.2, 0) is 4.57 Å². The summed E-state index contributed by atoms with van der Waals surface area (Å²) in [5.74, 6) is 0. The third-order valence-electron chi connectivity index (χ3n) is 2.65. The summed E-state index contributed by atoms with van der Waals surface area (Å²) in [6.07, 6.45) is 6.87. The van der Waals surface area contributed by atoms with Crippen molar-refractivity contribution >= 4 is 7.82 Å². The summed E-state index contributed by atoms with van der Waals surface area (Å²) in [6, 6.07) is 0. The van der Waals surface area contributed by atoms with Gasteiger partial charge in [-0.25, -0.2) is 4.57 Å². The molecule has 0 bridgehead atoms. The number of nitrogens with zero attached hydrogens (tertiary/aromatic N) is 2. The van der Waals surface area contributed by atoms with Gasteiger partial charge in [0.25, 0.3) is 0 Å². The van der Waals surface area contributed by atoms with E-state index in [1.54, 1.807) is 0 Å². The molecule has 0 aliphatic carbocycles. The molecule has 0 spiro atoms. The lowest BCUT2D eigenvalue weighted by molar-refractivity contribution is 0.181. The van der Waals surface area contributed by atoms with Crippen LogP contribution in [0.25, 0.3) is 0 Å². The molecule has 7 heteroatoms. The van der Waals surface area contributed by atoms with Crippen molar-refractivity contribution in [3.63, 3.8) is 0 Å². The van der Waals surface area contributed by atoms with Crippen molar-refractivity contribution in [2.24, 2.45) is 0 Å². The zero-order chi connectivity index (χ0) is 14.3. The first kappa shape index (κ1) is 17.2. The lowest BCUT2D eigenvalue weighted by Crippen LogP contribution is -2.36. The van der Waals surface area contributed by atoms with Crippen molar-refractivity contribution in [3.05, 3.63) is 24.7 Å². The molecule has 1 unspecified atom stereocenters. The minimum Gasteiger partial charge on any atom is -0.353 e. The Labute approximate surface area is 108 Å². The van der Waals surface area contributed by atoms with E-state index in [2.05, 4.69) is 43.3 Å². The quantitative estimate of drug-likeness (QED) is 0.680. The van der Waals surface area contributed by atoms with Gasteiger partial charge in [-0.1, -0.05) is 20.4 Å². The fraction of sp³-hybridized carbons (Fsp3) is 0.636. The van der Waals surface area contributed by atoms with E-state index < -0.39 is 7.82 Å². The van der Waals surface area contributed by atoms with E-state index in [1.165, 1.54) is 5.70 Å². The average molecular weight is 278 g/mol. The summed E-state index contributed by atoms with van der Waals surface area (Å²) in [7, 11) is -4.64. The molecular formula is C11H23N2O4P. The largest absolute Gasteiger partial charge is 0.466 e. The molecule has 18 heavy (non-hydrogen) atoms. The normalized spacial score (nSPS) is 19.2. The van der Waals surface area contributed by atoms with Crippen LogP contribution < -0.4 is 0 Å². The van der Waals surface area contributed by atoms with Gasteiger partial charge in [-0.05, 0) is 26.0 Å². The molecule has 0 aromatic rings. The summed E-state index contributed by atoms with van der Waals surface area (Å²) in [6.45, 7) is 11.5. The van der Waals surface area contributed by atoms with Gasteiger partial charge in [-0.2, -0.15) is 0 Å². The lowest BCUT2D eigenvalue weighted by atomic mass is 10.3. The number of hydrogen-bond donors (Lipinski definition) is 3. The smallest absolute Gasteiger partial charge is 0.353 e. The van der Waals surface area contributed by atoms with Crippen LogP contribution in [0.15, 0.2) is 24.7 Å². The van der Waals surface area contributed by atoms with E-state index in [1.807, 2.05) is 6.20 Å². The highest BCUT2D eigenvalue weighted by Gasteiger charge is 2.26. The second-order valence-electron chi connectivity index (χ2n) is 3.79. The first-order valence-electron chi connectivity index (χ1n) is 5.94. The highest BCUT2D eigenvalue weighted by Crippen LogP contribution is 2.26. The Morgan fingerprint density at radius 1 is 1.39 bits per heavy atom. The van der Waals surface area contributed by atoms with Crippen molar-refractivity contribution in [2.45, 2.75) is 39.8 Å². The van der Waals surface area contributed by atoms with Crippen LogP contribution in [0.1, 0.15) is 33.6 Å². The highest BCUT2D eigenvalue weighted by atomic mass is 31.2. The highest BCUT2D eigenvalue weighted by molar-refractivity contribution is 7.45. The van der Waals surface area contributed by atoms with Gasteiger partial charge in [-0.15, -0.1) is 0 Å². The number of hydrogen-bond acceptors (Lipinski definition) is 3. The maximum Gasteiger partial charge on any atom is 0.466 e. The fourth-order valence-corrected chi connectivity index (χ4v) is 2.00. The lowest BCUT2D eigenvalue weighted by Gasteiger charge is -2.30. The Balaban J connectivity index is 0.000000494. The van der Waals surface area contributed by atoms with E-state index in [-0.39, 0.29) is 0 Å². The molecule has 0 amide bonds. The van der Waals surface area contributed by atoms with Crippen LogP contribution in [0.5, 0.6) is 0 Å². The van der Waals surface area contributed by atoms with Crippen LogP contribution in [-0.4, -0.2) is 37.2 Å². The minimum atomic E-state index is -4.64. The molecule has 6 nitrogen and oxygen atoms in total. The van der Waals surface area contributed by atoms with Crippen LogP contribution >= 0.6 is 7.82 Å². The Kier molecular flexibility index (Phi) is 7.25. The second-order valence-corrected chi connectivity index (χ2v) is 4.82. The standard InChI is InChI=1S/C11H20N2.H3O4P/c1-5-10-9-12(7-3)11(6-2)13(10)8-4;1-5(2,3)4/h7,9,11H,3,5-6,8H2,1-2,4H3;(H3,1,2,3,4). The minimum absolute atomic E-state index is 0.498. The van der Waals surface area contributed by atoms with Gasteiger partial charge in [0, 0.05) is 18.4 Å². The molecule has 106 valence electrons. The zero-order valence-corrected chi connectivity index (χ0v) is 12.0. The first-order chi connectivity index (χ1) is 8.28. The van der Waals surface area contributed by atoms with Gasteiger partial charge in [0.1, 0.15) is 6.17 Å². The average Bonchev–Trinajstić information content (AvgIpc) is 2.63. The molecule has 0 fully saturated rings. The number of phosphoric acid groups is 1. The number of rotatable bonds is 4. The third-order valence-corrected chi connectivity index (χ3v) is 2.65. The van der Waals surface area contributed by atoms with Gasteiger partial charge in [0.15, 0.2) is 0 Å². The molecule has 1 atom stereocenters. The van der Waals surface area contributed by atoms with Crippen LogP contribution in [0.3, 0.4) is 0 Å². The van der Waals surface area contributed by atoms with Gasteiger partial charge in [-0.3, -0.25) is 0 Å². The Bertz CT molecular complexity index is 332. The molecule has 0 saturated carbocycles. The molecule has 0 aromatic heterocycles. The molecule has 1 rings (SSSR count). The van der Waals surface area contributed by atoms with Crippen LogP contribution in [0.2, 0.25) is 0 Å². The van der Waals surface area contributed by atoms with Crippen LogP contribution in [0.4, 0.5) is 0 Å². The molecule has 0 radical (unpaired) electrons. The van der Waals surface area contributed by atoms with Crippen molar-refractivity contribution in [3.8, 4) is 0 Å². The van der Waals surface area contributed by atoms with Crippen molar-refractivity contribution in [2.75, 3.05) is 6.54 Å². The van der Waals surface area contributed by atoms with Crippen LogP contribution in [0, 0.1) is 0 Å². The first-order valence-corrected chi connectivity index (χ1v) is 7.50. The predicted molar refractivity (Wildman–Crippen MR) is 71.1 cm³/mol. The maximum absolute atomic E-state index is 8.88. The summed E-state index contributed by atoms with van der Waals surface area (Å²) >= 11 is 0. The molecule has 0 aromatic carbocycles. The topological polar surface area (TPSA) is 84.2 Å². The number of allylic oxidation sites excluding steroid dienone is 1. The van der Waals surface area contributed by atoms with Crippen molar-refractivity contribution in [1.82, 2.24) is 9.80 Å². The molecule has 1 aliphatic heterocycles. The summed E-state index contributed by atoms with van der Waals surface area (Å²) in [4.78, 5) is 26.2. The second kappa shape index (κ2) is 7.59. The van der Waals surface area contributed by atoms with E-state index in [0.717, 1.165) is 19.4 Å². The Morgan fingerprint density at radius 3 is 2.17 bits per heavy atom. The van der Waals surface area contributed by atoms with Gasteiger partial charge in [0.2, 0.25) is 0 Å².